The molecule has 4 rings (SSSR count). The Morgan fingerprint density at radius 1 is 1.24 bits per heavy atom. The summed E-state index contributed by atoms with van der Waals surface area (Å²) in [4.78, 5) is 35.7. The summed E-state index contributed by atoms with van der Waals surface area (Å²) in [5, 5.41) is 6.52. The third-order valence-electron chi connectivity index (χ3n) is 5.96. The Morgan fingerprint density at radius 2 is 2.06 bits per heavy atom. The quantitative estimate of drug-likeness (QED) is 0.616. The fraction of sp³-hybridized carbons (Fsp3) is 0.375. The Bertz CT molecular complexity index is 1170. The van der Waals surface area contributed by atoms with Gasteiger partial charge in [0, 0.05) is 37.8 Å². The van der Waals surface area contributed by atoms with Gasteiger partial charge in [0.2, 0.25) is 0 Å². The minimum Gasteiger partial charge on any atom is -0.489 e. The molecule has 2 aromatic heterocycles. The molecule has 3 aromatic rings. The largest absolute Gasteiger partial charge is 0.489 e. The van der Waals surface area contributed by atoms with Crippen LogP contribution in [0.15, 0.2) is 35.0 Å². The molecule has 3 heterocycles. The van der Waals surface area contributed by atoms with Crippen molar-refractivity contribution in [3.63, 3.8) is 0 Å². The van der Waals surface area contributed by atoms with Crippen molar-refractivity contribution < 1.29 is 18.8 Å². The van der Waals surface area contributed by atoms with Gasteiger partial charge in [-0.15, -0.1) is 0 Å². The number of hydrogen-bond donors (Lipinski definition) is 1. The SMILES string of the molecule is CNC(=O)c1cnc(C2CCN(C(=O)c3cccc(OCc4c(C)noc4C)c3)C2)nc1C. The van der Waals surface area contributed by atoms with E-state index in [2.05, 4.69) is 20.4 Å². The Kier molecular flexibility index (Phi) is 6.39. The maximum Gasteiger partial charge on any atom is 0.254 e. The van der Waals surface area contributed by atoms with Gasteiger partial charge in [0.15, 0.2) is 0 Å². The predicted octanol–water partition coefficient (Wildman–Crippen LogP) is 2.96. The maximum atomic E-state index is 13.1. The maximum absolute atomic E-state index is 13.1. The molecule has 0 saturated carbocycles. The summed E-state index contributed by atoms with van der Waals surface area (Å²) >= 11 is 0. The molecule has 1 aromatic carbocycles. The van der Waals surface area contributed by atoms with Crippen molar-refractivity contribution in [1.82, 2.24) is 25.3 Å². The number of carbonyl (C=O) groups is 2. The summed E-state index contributed by atoms with van der Waals surface area (Å²) in [6.45, 7) is 6.99. The Morgan fingerprint density at radius 3 is 2.76 bits per heavy atom. The minimum absolute atomic E-state index is 0.0327. The summed E-state index contributed by atoms with van der Waals surface area (Å²) in [7, 11) is 1.58. The number of carbonyl (C=O) groups excluding carboxylic acids is 2. The highest BCUT2D eigenvalue weighted by Crippen LogP contribution is 2.27. The number of aromatic nitrogens is 3. The van der Waals surface area contributed by atoms with Crippen LogP contribution in [0.5, 0.6) is 5.75 Å². The number of hydrogen-bond acceptors (Lipinski definition) is 7. The van der Waals surface area contributed by atoms with Gasteiger partial charge in [0.1, 0.15) is 23.9 Å². The Balaban J connectivity index is 1.41. The monoisotopic (exact) mass is 449 g/mol. The third kappa shape index (κ3) is 4.72. The van der Waals surface area contributed by atoms with E-state index in [1.54, 1.807) is 32.3 Å². The van der Waals surface area contributed by atoms with Crippen LogP contribution < -0.4 is 10.1 Å². The fourth-order valence-electron chi connectivity index (χ4n) is 3.96. The van der Waals surface area contributed by atoms with E-state index in [9.17, 15) is 9.59 Å². The van der Waals surface area contributed by atoms with Crippen LogP contribution >= 0.6 is 0 Å². The van der Waals surface area contributed by atoms with Crippen molar-refractivity contribution in [2.75, 3.05) is 20.1 Å². The highest BCUT2D eigenvalue weighted by molar-refractivity contribution is 5.95. The summed E-state index contributed by atoms with van der Waals surface area (Å²) in [5.41, 5.74) is 3.36. The van der Waals surface area contributed by atoms with E-state index in [4.69, 9.17) is 9.26 Å². The molecule has 1 N–H and O–H groups in total. The normalized spacial score (nSPS) is 15.5. The lowest BCUT2D eigenvalue weighted by molar-refractivity contribution is 0.0789. The summed E-state index contributed by atoms with van der Waals surface area (Å²) in [6.07, 6.45) is 2.33. The number of amides is 2. The molecule has 0 aliphatic carbocycles. The lowest BCUT2D eigenvalue weighted by Gasteiger charge is -2.17. The second-order valence-electron chi connectivity index (χ2n) is 8.16. The van der Waals surface area contributed by atoms with E-state index < -0.39 is 0 Å². The molecule has 1 saturated heterocycles. The second-order valence-corrected chi connectivity index (χ2v) is 8.16. The Labute approximate surface area is 192 Å². The van der Waals surface area contributed by atoms with Crippen LogP contribution in [0, 0.1) is 20.8 Å². The highest BCUT2D eigenvalue weighted by atomic mass is 16.5. The third-order valence-corrected chi connectivity index (χ3v) is 5.96. The average molecular weight is 450 g/mol. The molecule has 9 heteroatoms. The average Bonchev–Trinajstić information content (AvgIpc) is 3.44. The van der Waals surface area contributed by atoms with Gasteiger partial charge in [-0.1, -0.05) is 11.2 Å². The molecule has 2 amide bonds. The van der Waals surface area contributed by atoms with E-state index in [-0.39, 0.29) is 17.7 Å². The topological polar surface area (TPSA) is 110 Å². The van der Waals surface area contributed by atoms with Gasteiger partial charge in [-0.25, -0.2) is 9.97 Å². The van der Waals surface area contributed by atoms with Crippen molar-refractivity contribution in [3.8, 4) is 5.75 Å². The molecule has 1 atom stereocenters. The van der Waals surface area contributed by atoms with E-state index in [0.29, 0.717) is 48.1 Å². The summed E-state index contributed by atoms with van der Waals surface area (Å²) in [6, 6.07) is 7.18. The van der Waals surface area contributed by atoms with Crippen LogP contribution in [0.1, 0.15) is 61.6 Å². The molecule has 1 unspecified atom stereocenters. The van der Waals surface area contributed by atoms with Crippen LogP contribution in [0.2, 0.25) is 0 Å². The standard InChI is InChI=1S/C24H27N5O4/c1-14-20(23(30)25-4)11-26-22(27-14)18-8-9-29(12-18)24(31)17-6-5-7-19(10-17)32-13-21-15(2)28-33-16(21)3/h5-7,10-11,18H,8-9,12-13H2,1-4H3,(H,25,30). The zero-order chi connectivity index (χ0) is 23.5. The lowest BCUT2D eigenvalue weighted by atomic mass is 10.1. The first-order chi connectivity index (χ1) is 15.9. The first-order valence-corrected chi connectivity index (χ1v) is 10.9. The first kappa shape index (κ1) is 22.4. The van der Waals surface area contributed by atoms with Crippen LogP contribution in [0.25, 0.3) is 0 Å². The molecule has 33 heavy (non-hydrogen) atoms. The van der Waals surface area contributed by atoms with E-state index in [1.807, 2.05) is 30.9 Å². The molecule has 0 bridgehead atoms. The smallest absolute Gasteiger partial charge is 0.254 e. The van der Waals surface area contributed by atoms with Crippen LogP contribution in [0.4, 0.5) is 0 Å². The van der Waals surface area contributed by atoms with E-state index >= 15 is 0 Å². The molecule has 1 fully saturated rings. The van der Waals surface area contributed by atoms with Crippen molar-refractivity contribution in [2.45, 2.75) is 39.7 Å². The number of likely N-dealkylation sites (tertiary alicyclic amines) is 1. The molecule has 9 nitrogen and oxygen atoms in total. The molecule has 0 radical (unpaired) electrons. The van der Waals surface area contributed by atoms with Crippen molar-refractivity contribution >= 4 is 11.8 Å². The first-order valence-electron chi connectivity index (χ1n) is 10.9. The fourth-order valence-corrected chi connectivity index (χ4v) is 3.96. The molecule has 172 valence electrons. The number of ether oxygens (including phenoxy) is 1. The van der Waals surface area contributed by atoms with Crippen molar-refractivity contribution in [2.24, 2.45) is 0 Å². The van der Waals surface area contributed by atoms with Crippen LogP contribution in [-0.4, -0.2) is 52.0 Å². The summed E-state index contributed by atoms with van der Waals surface area (Å²) < 4.78 is 11.1. The van der Waals surface area contributed by atoms with E-state index in [1.165, 1.54) is 0 Å². The van der Waals surface area contributed by atoms with Gasteiger partial charge in [-0.2, -0.15) is 0 Å². The molecule has 1 aliphatic heterocycles. The zero-order valence-electron chi connectivity index (χ0n) is 19.2. The van der Waals surface area contributed by atoms with Crippen molar-refractivity contribution in [3.05, 3.63) is 70.1 Å². The zero-order valence-corrected chi connectivity index (χ0v) is 19.2. The Hall–Kier alpha value is -3.75. The van der Waals surface area contributed by atoms with Gasteiger partial charge >= 0.3 is 0 Å². The van der Waals surface area contributed by atoms with Gasteiger partial charge in [-0.05, 0) is 45.4 Å². The lowest BCUT2D eigenvalue weighted by Crippen LogP contribution is -2.28. The van der Waals surface area contributed by atoms with Crippen molar-refractivity contribution in [1.29, 1.82) is 0 Å². The van der Waals surface area contributed by atoms with Crippen LogP contribution in [0.3, 0.4) is 0 Å². The number of nitrogens with one attached hydrogen (secondary N) is 1. The number of rotatable bonds is 6. The van der Waals surface area contributed by atoms with Gasteiger partial charge in [0.05, 0.1) is 22.5 Å². The number of aryl methyl sites for hydroxylation is 3. The second kappa shape index (κ2) is 9.40. The molecule has 0 spiro atoms. The molecular formula is C24H27N5O4. The van der Waals surface area contributed by atoms with Gasteiger partial charge < -0.3 is 19.5 Å². The molecule has 1 aliphatic rings. The van der Waals surface area contributed by atoms with Gasteiger partial charge in [-0.3, -0.25) is 9.59 Å². The minimum atomic E-state index is -0.210. The van der Waals surface area contributed by atoms with Gasteiger partial charge in [0.25, 0.3) is 11.8 Å². The van der Waals surface area contributed by atoms with Crippen LogP contribution in [-0.2, 0) is 6.61 Å². The number of nitrogens with zero attached hydrogens (tertiary/aromatic N) is 4. The van der Waals surface area contributed by atoms with E-state index in [0.717, 1.165) is 23.4 Å². The number of benzene rings is 1. The summed E-state index contributed by atoms with van der Waals surface area (Å²) in [5.74, 6) is 1.76. The predicted molar refractivity (Wildman–Crippen MR) is 120 cm³/mol. The highest BCUT2D eigenvalue weighted by Gasteiger charge is 2.30. The molecular weight excluding hydrogens is 422 g/mol.